The molecular formula is C18H17N3O2. The van der Waals surface area contributed by atoms with Gasteiger partial charge in [-0.2, -0.15) is 0 Å². The summed E-state index contributed by atoms with van der Waals surface area (Å²) in [6.45, 7) is 3.65. The number of amides is 1. The second-order valence-electron chi connectivity index (χ2n) is 5.46. The molecule has 3 aromatic rings. The molecule has 23 heavy (non-hydrogen) atoms. The van der Waals surface area contributed by atoms with Crippen LogP contribution in [0, 0.1) is 13.8 Å². The largest absolute Gasteiger partial charge is 0.392 e. The van der Waals surface area contributed by atoms with Gasteiger partial charge in [0.25, 0.3) is 5.91 Å². The summed E-state index contributed by atoms with van der Waals surface area (Å²) in [6, 6.07) is 9.46. The molecule has 0 saturated heterocycles. The molecule has 2 N–H and O–H groups in total. The maximum Gasteiger partial charge on any atom is 0.257 e. The van der Waals surface area contributed by atoms with E-state index in [2.05, 4.69) is 15.3 Å². The summed E-state index contributed by atoms with van der Waals surface area (Å²) >= 11 is 0. The van der Waals surface area contributed by atoms with Gasteiger partial charge in [-0.25, -0.2) is 0 Å². The van der Waals surface area contributed by atoms with Gasteiger partial charge in [-0.3, -0.25) is 14.8 Å². The number of fused-ring (bicyclic) bond motifs is 1. The average molecular weight is 307 g/mol. The maximum atomic E-state index is 12.6. The first kappa shape index (κ1) is 15.1. The molecule has 0 spiro atoms. The molecule has 5 heteroatoms. The summed E-state index contributed by atoms with van der Waals surface area (Å²) in [4.78, 5) is 21.0. The van der Waals surface area contributed by atoms with Crippen LogP contribution in [0.5, 0.6) is 0 Å². The Hall–Kier alpha value is -2.79. The zero-order valence-corrected chi connectivity index (χ0v) is 13.0. The van der Waals surface area contributed by atoms with E-state index in [0.29, 0.717) is 22.5 Å². The Morgan fingerprint density at radius 2 is 2.04 bits per heavy atom. The fraction of sp³-hybridized carbons (Fsp3) is 0.167. The average Bonchev–Trinajstić information content (AvgIpc) is 2.55. The van der Waals surface area contributed by atoms with Crippen LogP contribution in [-0.4, -0.2) is 21.0 Å². The minimum Gasteiger partial charge on any atom is -0.392 e. The van der Waals surface area contributed by atoms with Gasteiger partial charge in [-0.15, -0.1) is 0 Å². The molecule has 0 atom stereocenters. The Labute approximate surface area is 134 Å². The molecule has 0 saturated carbocycles. The van der Waals surface area contributed by atoms with Crippen LogP contribution in [0.4, 0.5) is 5.69 Å². The van der Waals surface area contributed by atoms with Crippen molar-refractivity contribution in [2.24, 2.45) is 0 Å². The molecule has 3 rings (SSSR count). The molecule has 0 unspecified atom stereocenters. The van der Waals surface area contributed by atoms with Crippen molar-refractivity contribution in [2.75, 3.05) is 5.32 Å². The standard InChI is InChI=1S/C18H17N3O2/c1-11-3-4-16-14(7-11)8-15(12(2)20-16)18(23)21-17-9-19-6-5-13(17)10-22/h3-9,22H,10H2,1-2H3,(H,21,23). The zero-order valence-electron chi connectivity index (χ0n) is 13.0. The van der Waals surface area contributed by atoms with Crippen molar-refractivity contribution in [3.63, 3.8) is 0 Å². The van der Waals surface area contributed by atoms with E-state index in [4.69, 9.17) is 0 Å². The van der Waals surface area contributed by atoms with Crippen molar-refractivity contribution < 1.29 is 9.90 Å². The van der Waals surface area contributed by atoms with E-state index in [1.54, 1.807) is 12.3 Å². The highest BCUT2D eigenvalue weighted by molar-refractivity contribution is 6.07. The van der Waals surface area contributed by atoms with Crippen molar-refractivity contribution >= 4 is 22.5 Å². The summed E-state index contributed by atoms with van der Waals surface area (Å²) < 4.78 is 0. The van der Waals surface area contributed by atoms with Crippen LogP contribution in [0.2, 0.25) is 0 Å². The number of pyridine rings is 2. The van der Waals surface area contributed by atoms with E-state index in [-0.39, 0.29) is 12.5 Å². The van der Waals surface area contributed by atoms with Gasteiger partial charge >= 0.3 is 0 Å². The quantitative estimate of drug-likeness (QED) is 0.780. The van der Waals surface area contributed by atoms with Gasteiger partial charge in [0.15, 0.2) is 0 Å². The lowest BCUT2D eigenvalue weighted by Gasteiger charge is -2.11. The van der Waals surface area contributed by atoms with Crippen molar-refractivity contribution in [1.82, 2.24) is 9.97 Å². The molecule has 5 nitrogen and oxygen atoms in total. The first-order chi connectivity index (χ1) is 11.1. The highest BCUT2D eigenvalue weighted by atomic mass is 16.3. The summed E-state index contributed by atoms with van der Waals surface area (Å²) in [5, 5.41) is 13.1. The van der Waals surface area contributed by atoms with Crippen LogP contribution >= 0.6 is 0 Å². The summed E-state index contributed by atoms with van der Waals surface area (Å²) in [7, 11) is 0. The predicted molar refractivity (Wildman–Crippen MR) is 89.3 cm³/mol. The van der Waals surface area contributed by atoms with Gasteiger partial charge in [0.1, 0.15) is 0 Å². The number of aromatic nitrogens is 2. The normalized spacial score (nSPS) is 10.7. The fourth-order valence-corrected chi connectivity index (χ4v) is 2.49. The third-order valence-electron chi connectivity index (χ3n) is 3.74. The lowest BCUT2D eigenvalue weighted by Crippen LogP contribution is -2.15. The molecule has 2 heterocycles. The van der Waals surface area contributed by atoms with Gasteiger partial charge in [-0.1, -0.05) is 11.6 Å². The number of benzene rings is 1. The van der Waals surface area contributed by atoms with Crippen molar-refractivity contribution in [3.05, 3.63) is 65.1 Å². The van der Waals surface area contributed by atoms with Crippen LogP contribution in [0.15, 0.2) is 42.7 Å². The Balaban J connectivity index is 1.98. The molecule has 0 aliphatic heterocycles. The number of aliphatic hydroxyl groups excluding tert-OH is 1. The second-order valence-corrected chi connectivity index (χ2v) is 5.46. The number of anilines is 1. The number of aryl methyl sites for hydroxylation is 2. The van der Waals surface area contributed by atoms with E-state index in [1.807, 2.05) is 38.1 Å². The first-order valence-corrected chi connectivity index (χ1v) is 7.31. The highest BCUT2D eigenvalue weighted by Crippen LogP contribution is 2.20. The number of carbonyl (C=O) groups excluding carboxylic acids is 1. The number of hydrogen-bond acceptors (Lipinski definition) is 4. The molecule has 0 aliphatic rings. The van der Waals surface area contributed by atoms with E-state index in [0.717, 1.165) is 16.5 Å². The second kappa shape index (κ2) is 6.14. The molecule has 116 valence electrons. The Morgan fingerprint density at radius 1 is 1.22 bits per heavy atom. The van der Waals surface area contributed by atoms with Gasteiger partial charge in [0.2, 0.25) is 0 Å². The van der Waals surface area contributed by atoms with E-state index >= 15 is 0 Å². The number of nitrogens with zero attached hydrogens (tertiary/aromatic N) is 2. The molecule has 0 fully saturated rings. The van der Waals surface area contributed by atoms with Crippen molar-refractivity contribution in [3.8, 4) is 0 Å². The van der Waals surface area contributed by atoms with Gasteiger partial charge < -0.3 is 10.4 Å². The summed E-state index contributed by atoms with van der Waals surface area (Å²) in [5.41, 5.74) is 4.27. The zero-order chi connectivity index (χ0) is 16.4. The van der Waals surface area contributed by atoms with Gasteiger partial charge in [0, 0.05) is 17.1 Å². The summed E-state index contributed by atoms with van der Waals surface area (Å²) in [6.07, 6.45) is 3.10. The smallest absolute Gasteiger partial charge is 0.257 e. The minimum absolute atomic E-state index is 0.160. The van der Waals surface area contributed by atoms with Crippen LogP contribution in [0.25, 0.3) is 10.9 Å². The van der Waals surface area contributed by atoms with E-state index in [9.17, 15) is 9.90 Å². The lowest BCUT2D eigenvalue weighted by molar-refractivity contribution is 0.102. The molecule has 0 bridgehead atoms. The van der Waals surface area contributed by atoms with E-state index < -0.39 is 0 Å². The molecule has 2 aromatic heterocycles. The molecule has 1 amide bonds. The predicted octanol–water partition coefficient (Wildman–Crippen LogP) is 2.99. The molecule has 0 aliphatic carbocycles. The number of rotatable bonds is 3. The van der Waals surface area contributed by atoms with Crippen molar-refractivity contribution in [1.29, 1.82) is 0 Å². The third-order valence-corrected chi connectivity index (χ3v) is 3.74. The monoisotopic (exact) mass is 307 g/mol. The lowest BCUT2D eigenvalue weighted by atomic mass is 10.1. The van der Waals surface area contributed by atoms with E-state index in [1.165, 1.54) is 6.20 Å². The van der Waals surface area contributed by atoms with Crippen molar-refractivity contribution in [2.45, 2.75) is 20.5 Å². The third kappa shape index (κ3) is 3.05. The number of aliphatic hydroxyl groups is 1. The molecule has 1 aromatic carbocycles. The van der Waals surface area contributed by atoms with Gasteiger partial charge in [0.05, 0.1) is 35.3 Å². The Bertz CT molecular complexity index is 891. The summed E-state index contributed by atoms with van der Waals surface area (Å²) in [5.74, 6) is -0.263. The van der Waals surface area contributed by atoms with Crippen LogP contribution in [0.1, 0.15) is 27.2 Å². The van der Waals surface area contributed by atoms with Crippen LogP contribution in [-0.2, 0) is 6.61 Å². The maximum absolute atomic E-state index is 12.6. The number of nitrogens with one attached hydrogen (secondary N) is 1. The SMILES string of the molecule is Cc1ccc2nc(C)c(C(=O)Nc3cnccc3CO)cc2c1. The molecular weight excluding hydrogens is 290 g/mol. The first-order valence-electron chi connectivity index (χ1n) is 7.31. The highest BCUT2D eigenvalue weighted by Gasteiger charge is 2.13. The topological polar surface area (TPSA) is 75.1 Å². The van der Waals surface area contributed by atoms with Crippen LogP contribution < -0.4 is 5.32 Å². The number of hydrogen-bond donors (Lipinski definition) is 2. The molecule has 0 radical (unpaired) electrons. The Morgan fingerprint density at radius 3 is 2.83 bits per heavy atom. The minimum atomic E-state index is -0.263. The fourth-order valence-electron chi connectivity index (χ4n) is 2.49. The van der Waals surface area contributed by atoms with Gasteiger partial charge in [-0.05, 0) is 38.1 Å². The Kier molecular flexibility index (Phi) is 4.04. The van der Waals surface area contributed by atoms with Crippen LogP contribution in [0.3, 0.4) is 0 Å². The number of carbonyl (C=O) groups is 1.